The molecule has 1 aromatic rings. The second kappa shape index (κ2) is 6.91. The molecule has 1 saturated heterocycles. The van der Waals surface area contributed by atoms with Crippen LogP contribution >= 0.6 is 0 Å². The summed E-state index contributed by atoms with van der Waals surface area (Å²) in [4.78, 5) is 14.3. The molecule has 5 heteroatoms. The molecule has 2 heterocycles. The molecule has 0 aliphatic carbocycles. The zero-order chi connectivity index (χ0) is 14.5. The quantitative estimate of drug-likeness (QED) is 0.864. The zero-order valence-electron chi connectivity index (χ0n) is 12.3. The Hall–Kier alpha value is -1.59. The summed E-state index contributed by atoms with van der Waals surface area (Å²) < 4.78 is 5.53. The van der Waals surface area contributed by atoms with E-state index in [0.717, 1.165) is 44.8 Å². The number of amides is 1. The number of ether oxygens (including phenoxy) is 1. The lowest BCUT2D eigenvalue weighted by Gasteiger charge is -2.24. The lowest BCUT2D eigenvalue weighted by atomic mass is 10.1. The first-order valence-electron chi connectivity index (χ1n) is 7.75. The van der Waals surface area contributed by atoms with E-state index < -0.39 is 0 Å². The summed E-state index contributed by atoms with van der Waals surface area (Å²) in [6, 6.07) is 8.28. The number of hydrogen-bond donors (Lipinski definition) is 2. The van der Waals surface area contributed by atoms with Crippen molar-refractivity contribution >= 4 is 11.6 Å². The summed E-state index contributed by atoms with van der Waals surface area (Å²) in [5.41, 5.74) is 2.41. The van der Waals surface area contributed by atoms with Crippen molar-refractivity contribution < 1.29 is 9.53 Å². The van der Waals surface area contributed by atoms with Gasteiger partial charge >= 0.3 is 0 Å². The minimum atomic E-state index is 0.0715. The Morgan fingerprint density at radius 3 is 3.19 bits per heavy atom. The van der Waals surface area contributed by atoms with E-state index in [1.807, 2.05) is 12.1 Å². The molecule has 0 saturated carbocycles. The van der Waals surface area contributed by atoms with E-state index in [1.54, 1.807) is 0 Å². The maximum Gasteiger partial charge on any atom is 0.239 e. The number of nitrogens with zero attached hydrogens (tertiary/aromatic N) is 1. The standard InChI is InChI=1S/C16H23N3O2/c20-16(18-11-14-5-3-9-21-14)12-19-8-7-17-10-13-4-1-2-6-15(13)19/h1-2,4,6,14,17H,3,5,7-12H2,(H,18,20). The Morgan fingerprint density at radius 2 is 2.33 bits per heavy atom. The highest BCUT2D eigenvalue weighted by Gasteiger charge is 2.19. The minimum Gasteiger partial charge on any atom is -0.376 e. The van der Waals surface area contributed by atoms with Crippen molar-refractivity contribution in [3.63, 3.8) is 0 Å². The molecule has 1 atom stereocenters. The van der Waals surface area contributed by atoms with Gasteiger partial charge in [-0.05, 0) is 24.5 Å². The van der Waals surface area contributed by atoms with Gasteiger partial charge in [0.15, 0.2) is 0 Å². The Balaban J connectivity index is 1.57. The van der Waals surface area contributed by atoms with E-state index in [4.69, 9.17) is 4.74 Å². The second-order valence-corrected chi connectivity index (χ2v) is 5.67. The van der Waals surface area contributed by atoms with Crippen molar-refractivity contribution in [3.05, 3.63) is 29.8 Å². The first-order valence-corrected chi connectivity index (χ1v) is 7.75. The number of carbonyl (C=O) groups is 1. The van der Waals surface area contributed by atoms with E-state index >= 15 is 0 Å². The van der Waals surface area contributed by atoms with Gasteiger partial charge in [0.2, 0.25) is 5.91 Å². The van der Waals surface area contributed by atoms with E-state index in [-0.39, 0.29) is 12.0 Å². The van der Waals surface area contributed by atoms with Crippen LogP contribution in [0.3, 0.4) is 0 Å². The Kier molecular flexibility index (Phi) is 4.72. The van der Waals surface area contributed by atoms with Gasteiger partial charge in [0.25, 0.3) is 0 Å². The topological polar surface area (TPSA) is 53.6 Å². The highest BCUT2D eigenvalue weighted by molar-refractivity contribution is 5.81. The van der Waals surface area contributed by atoms with Crippen molar-refractivity contribution in [2.45, 2.75) is 25.5 Å². The number of fused-ring (bicyclic) bond motifs is 1. The molecule has 3 rings (SSSR count). The Bertz CT molecular complexity index is 486. The summed E-state index contributed by atoms with van der Waals surface area (Å²) in [7, 11) is 0. The largest absolute Gasteiger partial charge is 0.376 e. The fourth-order valence-electron chi connectivity index (χ4n) is 2.95. The van der Waals surface area contributed by atoms with Crippen LogP contribution in [0.4, 0.5) is 5.69 Å². The van der Waals surface area contributed by atoms with Crippen LogP contribution in [0.15, 0.2) is 24.3 Å². The Morgan fingerprint density at radius 1 is 1.43 bits per heavy atom. The maximum absolute atomic E-state index is 12.2. The minimum absolute atomic E-state index is 0.0715. The molecule has 0 aromatic heterocycles. The average Bonchev–Trinajstić information content (AvgIpc) is 2.94. The van der Waals surface area contributed by atoms with Crippen LogP contribution in [0.2, 0.25) is 0 Å². The van der Waals surface area contributed by atoms with Gasteiger partial charge in [0, 0.05) is 38.5 Å². The number of rotatable bonds is 4. The van der Waals surface area contributed by atoms with Gasteiger partial charge in [0.1, 0.15) is 0 Å². The number of anilines is 1. The van der Waals surface area contributed by atoms with Gasteiger partial charge < -0.3 is 20.3 Å². The fraction of sp³-hybridized carbons (Fsp3) is 0.562. The third-order valence-corrected chi connectivity index (χ3v) is 4.09. The van der Waals surface area contributed by atoms with Gasteiger partial charge in [0.05, 0.1) is 12.6 Å². The van der Waals surface area contributed by atoms with Crippen molar-refractivity contribution in [3.8, 4) is 0 Å². The molecular weight excluding hydrogens is 266 g/mol. The molecule has 2 N–H and O–H groups in total. The molecule has 0 spiro atoms. The van der Waals surface area contributed by atoms with E-state index in [9.17, 15) is 4.79 Å². The van der Waals surface area contributed by atoms with Crippen molar-refractivity contribution in [1.29, 1.82) is 0 Å². The first-order chi connectivity index (χ1) is 10.3. The molecule has 0 bridgehead atoms. The highest BCUT2D eigenvalue weighted by atomic mass is 16.5. The summed E-state index contributed by atoms with van der Waals surface area (Å²) in [5.74, 6) is 0.0715. The van der Waals surface area contributed by atoms with E-state index in [1.165, 1.54) is 5.56 Å². The SMILES string of the molecule is O=C(CN1CCNCc2ccccc21)NCC1CCCO1. The lowest BCUT2D eigenvalue weighted by Crippen LogP contribution is -2.41. The molecular formula is C16H23N3O2. The molecule has 21 heavy (non-hydrogen) atoms. The molecule has 2 aliphatic rings. The molecule has 2 aliphatic heterocycles. The normalized spacial score (nSPS) is 21.7. The number of para-hydroxylation sites is 1. The second-order valence-electron chi connectivity index (χ2n) is 5.67. The average molecular weight is 289 g/mol. The molecule has 1 aromatic carbocycles. The fourth-order valence-corrected chi connectivity index (χ4v) is 2.95. The highest BCUT2D eigenvalue weighted by Crippen LogP contribution is 2.21. The van der Waals surface area contributed by atoms with Crippen LogP contribution in [0.1, 0.15) is 18.4 Å². The predicted molar refractivity (Wildman–Crippen MR) is 82.3 cm³/mol. The Labute approximate surface area is 125 Å². The van der Waals surface area contributed by atoms with Crippen molar-refractivity contribution in [2.75, 3.05) is 37.7 Å². The summed E-state index contributed by atoms with van der Waals surface area (Å²) in [6.07, 6.45) is 2.36. The van der Waals surface area contributed by atoms with E-state index in [0.29, 0.717) is 13.1 Å². The van der Waals surface area contributed by atoms with Crippen LogP contribution in [0, 0.1) is 0 Å². The smallest absolute Gasteiger partial charge is 0.239 e. The number of hydrogen-bond acceptors (Lipinski definition) is 4. The van der Waals surface area contributed by atoms with Crippen molar-refractivity contribution in [2.24, 2.45) is 0 Å². The van der Waals surface area contributed by atoms with Crippen LogP contribution in [-0.4, -0.2) is 44.8 Å². The maximum atomic E-state index is 12.2. The molecule has 1 amide bonds. The van der Waals surface area contributed by atoms with Crippen LogP contribution in [0.5, 0.6) is 0 Å². The molecule has 1 unspecified atom stereocenters. The first kappa shape index (κ1) is 14.4. The zero-order valence-corrected chi connectivity index (χ0v) is 12.3. The molecule has 114 valence electrons. The van der Waals surface area contributed by atoms with Crippen LogP contribution in [0.25, 0.3) is 0 Å². The molecule has 1 fully saturated rings. The van der Waals surface area contributed by atoms with E-state index in [2.05, 4.69) is 27.7 Å². The summed E-state index contributed by atoms with van der Waals surface area (Å²) in [6.45, 7) is 4.48. The summed E-state index contributed by atoms with van der Waals surface area (Å²) in [5, 5.41) is 6.39. The monoisotopic (exact) mass is 289 g/mol. The number of nitrogens with one attached hydrogen (secondary N) is 2. The van der Waals surface area contributed by atoms with Gasteiger partial charge in [-0.25, -0.2) is 0 Å². The molecule has 0 radical (unpaired) electrons. The molecule has 5 nitrogen and oxygen atoms in total. The number of benzene rings is 1. The third-order valence-electron chi connectivity index (χ3n) is 4.09. The third kappa shape index (κ3) is 3.74. The lowest BCUT2D eigenvalue weighted by molar-refractivity contribution is -0.120. The van der Waals surface area contributed by atoms with Crippen LogP contribution < -0.4 is 15.5 Å². The number of carbonyl (C=O) groups excluding carboxylic acids is 1. The van der Waals surface area contributed by atoms with Gasteiger partial charge in [-0.15, -0.1) is 0 Å². The van der Waals surface area contributed by atoms with Gasteiger partial charge in [-0.1, -0.05) is 18.2 Å². The van der Waals surface area contributed by atoms with Crippen molar-refractivity contribution in [1.82, 2.24) is 10.6 Å². The van der Waals surface area contributed by atoms with Gasteiger partial charge in [-0.3, -0.25) is 4.79 Å². The van der Waals surface area contributed by atoms with Gasteiger partial charge in [-0.2, -0.15) is 0 Å². The van der Waals surface area contributed by atoms with Crippen LogP contribution in [-0.2, 0) is 16.1 Å². The summed E-state index contributed by atoms with van der Waals surface area (Å²) >= 11 is 0. The predicted octanol–water partition coefficient (Wildman–Crippen LogP) is 0.891.